The minimum Gasteiger partial charge on any atom is -0.493 e. The van der Waals surface area contributed by atoms with E-state index in [-0.39, 0.29) is 18.8 Å². The highest BCUT2D eigenvalue weighted by Crippen LogP contribution is 2.32. The molecular weight excluding hydrogens is 389 g/mol. The van der Waals surface area contributed by atoms with Gasteiger partial charge in [-0.05, 0) is 37.3 Å². The van der Waals surface area contributed by atoms with Gasteiger partial charge in [0.15, 0.2) is 17.3 Å². The summed E-state index contributed by atoms with van der Waals surface area (Å²) in [5.41, 5.74) is 1.89. The molecule has 30 heavy (non-hydrogen) atoms. The Bertz CT molecular complexity index is 985. The lowest BCUT2D eigenvalue weighted by Crippen LogP contribution is -2.05. The maximum absolute atomic E-state index is 12.6. The molecule has 0 aliphatic carbocycles. The number of hydrogen-bond acceptors (Lipinski definition) is 6. The van der Waals surface area contributed by atoms with E-state index >= 15 is 0 Å². The number of rotatable bonds is 11. The van der Waals surface area contributed by atoms with Crippen LogP contribution in [-0.4, -0.2) is 37.8 Å². The fourth-order valence-corrected chi connectivity index (χ4v) is 2.98. The summed E-state index contributed by atoms with van der Waals surface area (Å²) in [4.78, 5) is 17.1. The number of carbonyl (C=O) groups excluding carboxylic acids is 1. The first-order valence-electron chi connectivity index (χ1n) is 9.72. The van der Waals surface area contributed by atoms with E-state index in [9.17, 15) is 9.18 Å². The van der Waals surface area contributed by atoms with Crippen molar-refractivity contribution in [3.63, 3.8) is 0 Å². The first-order chi connectivity index (χ1) is 14.7. The molecule has 1 heterocycles. The molecule has 158 valence electrons. The average Bonchev–Trinajstić information content (AvgIpc) is 3.25. The Morgan fingerprint density at radius 2 is 1.93 bits per heavy atom. The summed E-state index contributed by atoms with van der Waals surface area (Å²) in [6.45, 7) is 1.71. The standard InChI is InChI=1S/C23H24FNO5/c1-3-28-20-7-5-4-6-18(20)19(26)10-9-17-15-30-23(25-17)16-8-11-21(27-2)22(14-16)29-13-12-24/h4-8,11,14-15H,3,9-10,12-13H2,1-2H3. The molecule has 3 aromatic rings. The number of benzene rings is 2. The predicted molar refractivity (Wildman–Crippen MR) is 110 cm³/mol. The van der Waals surface area contributed by atoms with Gasteiger partial charge in [-0.3, -0.25) is 4.79 Å². The molecule has 1 aromatic heterocycles. The lowest BCUT2D eigenvalue weighted by molar-refractivity contribution is 0.0979. The van der Waals surface area contributed by atoms with Gasteiger partial charge in [0, 0.05) is 18.4 Å². The SMILES string of the molecule is CCOc1ccccc1C(=O)CCc1coc(-c2ccc(OC)c(OCCF)c2)n1. The van der Waals surface area contributed by atoms with Crippen molar-refractivity contribution < 1.29 is 27.8 Å². The third kappa shape index (κ3) is 5.17. The third-order valence-electron chi connectivity index (χ3n) is 4.39. The quantitative estimate of drug-likeness (QED) is 0.416. The van der Waals surface area contributed by atoms with E-state index in [0.717, 1.165) is 0 Å². The number of ether oxygens (including phenoxy) is 3. The monoisotopic (exact) mass is 413 g/mol. The van der Waals surface area contributed by atoms with Gasteiger partial charge in [0.05, 0.1) is 25.0 Å². The van der Waals surface area contributed by atoms with Crippen molar-refractivity contribution in [3.8, 4) is 28.7 Å². The molecular formula is C23H24FNO5. The molecule has 3 rings (SSSR count). The lowest BCUT2D eigenvalue weighted by Gasteiger charge is -2.10. The number of ketones is 1. The average molecular weight is 413 g/mol. The summed E-state index contributed by atoms with van der Waals surface area (Å²) in [6, 6.07) is 12.4. The summed E-state index contributed by atoms with van der Waals surface area (Å²) in [5.74, 6) is 1.87. The molecule has 0 radical (unpaired) electrons. The molecule has 7 heteroatoms. The Balaban J connectivity index is 1.69. The zero-order chi connectivity index (χ0) is 21.3. The summed E-state index contributed by atoms with van der Waals surface area (Å²) in [6.07, 6.45) is 2.25. The van der Waals surface area contributed by atoms with Crippen molar-refractivity contribution in [3.05, 3.63) is 60.0 Å². The van der Waals surface area contributed by atoms with Gasteiger partial charge >= 0.3 is 0 Å². The summed E-state index contributed by atoms with van der Waals surface area (Å²) in [5, 5.41) is 0. The van der Waals surface area contributed by atoms with Crippen molar-refractivity contribution in [2.24, 2.45) is 0 Å². The zero-order valence-electron chi connectivity index (χ0n) is 17.0. The smallest absolute Gasteiger partial charge is 0.226 e. The molecule has 0 saturated carbocycles. The van der Waals surface area contributed by atoms with Crippen LogP contribution in [0.2, 0.25) is 0 Å². The summed E-state index contributed by atoms with van der Waals surface area (Å²) in [7, 11) is 1.52. The van der Waals surface area contributed by atoms with Gasteiger partial charge in [0.2, 0.25) is 5.89 Å². The minimum absolute atomic E-state index is 0.0186. The van der Waals surface area contributed by atoms with Crippen molar-refractivity contribution in [1.29, 1.82) is 0 Å². The molecule has 0 amide bonds. The van der Waals surface area contributed by atoms with Crippen LogP contribution in [0.5, 0.6) is 17.2 Å². The van der Waals surface area contributed by atoms with Gasteiger partial charge < -0.3 is 18.6 Å². The molecule has 0 fully saturated rings. The number of Topliss-reactive ketones (excluding diaryl/α,β-unsaturated/α-hetero) is 1. The fraction of sp³-hybridized carbons (Fsp3) is 0.304. The van der Waals surface area contributed by atoms with Crippen LogP contribution in [0, 0.1) is 0 Å². The molecule has 0 bridgehead atoms. The van der Waals surface area contributed by atoms with E-state index in [0.29, 0.717) is 53.0 Å². The van der Waals surface area contributed by atoms with Crippen LogP contribution >= 0.6 is 0 Å². The van der Waals surface area contributed by atoms with Crippen LogP contribution in [0.1, 0.15) is 29.4 Å². The number of halogens is 1. The first kappa shape index (κ1) is 21.4. The van der Waals surface area contributed by atoms with Gasteiger partial charge in [0.25, 0.3) is 0 Å². The predicted octanol–water partition coefficient (Wildman–Crippen LogP) is 4.91. The van der Waals surface area contributed by atoms with Crippen molar-refractivity contribution in [2.75, 3.05) is 27.0 Å². The van der Waals surface area contributed by atoms with Crippen LogP contribution in [-0.2, 0) is 6.42 Å². The number of para-hydroxylation sites is 1. The Morgan fingerprint density at radius 1 is 1.10 bits per heavy atom. The Kier molecular flexibility index (Phi) is 7.43. The molecule has 0 N–H and O–H groups in total. The number of methoxy groups -OCH3 is 1. The Labute approximate surface area is 174 Å². The number of alkyl halides is 1. The topological polar surface area (TPSA) is 70.8 Å². The summed E-state index contributed by atoms with van der Waals surface area (Å²) < 4.78 is 34.2. The lowest BCUT2D eigenvalue weighted by atomic mass is 10.0. The van der Waals surface area contributed by atoms with E-state index in [4.69, 9.17) is 18.6 Å². The highest BCUT2D eigenvalue weighted by molar-refractivity contribution is 5.98. The van der Waals surface area contributed by atoms with Gasteiger partial charge in [0.1, 0.15) is 25.3 Å². The van der Waals surface area contributed by atoms with Crippen LogP contribution in [0.25, 0.3) is 11.5 Å². The van der Waals surface area contributed by atoms with Crippen LogP contribution < -0.4 is 14.2 Å². The number of carbonyl (C=O) groups is 1. The number of hydrogen-bond donors (Lipinski definition) is 0. The Hall–Kier alpha value is -3.35. The van der Waals surface area contributed by atoms with E-state index in [1.807, 2.05) is 19.1 Å². The molecule has 0 unspecified atom stereocenters. The first-order valence-corrected chi connectivity index (χ1v) is 9.72. The normalized spacial score (nSPS) is 10.6. The third-order valence-corrected chi connectivity index (χ3v) is 4.39. The van der Waals surface area contributed by atoms with Gasteiger partial charge in [-0.25, -0.2) is 9.37 Å². The number of nitrogens with zero attached hydrogens (tertiary/aromatic N) is 1. The van der Waals surface area contributed by atoms with Gasteiger partial charge in [-0.15, -0.1) is 0 Å². The number of aromatic nitrogens is 1. The highest BCUT2D eigenvalue weighted by atomic mass is 19.1. The van der Waals surface area contributed by atoms with Gasteiger partial charge in [-0.1, -0.05) is 12.1 Å². The molecule has 0 aliphatic heterocycles. The van der Waals surface area contributed by atoms with Crippen molar-refractivity contribution in [2.45, 2.75) is 19.8 Å². The zero-order valence-corrected chi connectivity index (χ0v) is 17.0. The molecule has 2 aromatic carbocycles. The van der Waals surface area contributed by atoms with Gasteiger partial charge in [-0.2, -0.15) is 0 Å². The van der Waals surface area contributed by atoms with E-state index in [2.05, 4.69) is 4.98 Å². The largest absolute Gasteiger partial charge is 0.493 e. The maximum atomic E-state index is 12.6. The van der Waals surface area contributed by atoms with Crippen molar-refractivity contribution >= 4 is 5.78 Å². The maximum Gasteiger partial charge on any atom is 0.226 e. The summed E-state index contributed by atoms with van der Waals surface area (Å²) >= 11 is 0. The van der Waals surface area contributed by atoms with E-state index < -0.39 is 6.67 Å². The van der Waals surface area contributed by atoms with Crippen LogP contribution in [0.15, 0.2) is 53.1 Å². The molecule has 0 spiro atoms. The van der Waals surface area contributed by atoms with Crippen molar-refractivity contribution in [1.82, 2.24) is 4.98 Å². The molecule has 6 nitrogen and oxygen atoms in total. The van der Waals surface area contributed by atoms with E-state index in [1.165, 1.54) is 13.4 Å². The second kappa shape index (κ2) is 10.4. The minimum atomic E-state index is -0.600. The fourth-order valence-electron chi connectivity index (χ4n) is 2.98. The molecule has 0 saturated heterocycles. The second-order valence-electron chi connectivity index (χ2n) is 6.40. The number of aryl methyl sites for hydroxylation is 1. The molecule has 0 aliphatic rings. The van der Waals surface area contributed by atoms with Crippen LogP contribution in [0.3, 0.4) is 0 Å². The second-order valence-corrected chi connectivity index (χ2v) is 6.40. The Morgan fingerprint density at radius 3 is 2.70 bits per heavy atom. The molecule has 0 atom stereocenters. The van der Waals surface area contributed by atoms with Crippen LogP contribution in [0.4, 0.5) is 4.39 Å². The van der Waals surface area contributed by atoms with E-state index in [1.54, 1.807) is 30.3 Å². The highest BCUT2D eigenvalue weighted by Gasteiger charge is 2.15. The number of oxazole rings is 1.